The highest BCUT2D eigenvalue weighted by Gasteiger charge is 2.27. The molecule has 72 heavy (non-hydrogen) atoms. The molecule has 7 rings (SSSR count). The third-order valence-electron chi connectivity index (χ3n) is 13.3. The fourth-order valence-corrected chi connectivity index (χ4v) is 9.09. The van der Waals surface area contributed by atoms with E-state index in [1.807, 2.05) is 36.4 Å². The molecule has 0 bridgehead atoms. The molecule has 0 saturated carbocycles. The highest BCUT2D eigenvalue weighted by atomic mass is 35.5. The van der Waals surface area contributed by atoms with E-state index in [0.29, 0.717) is 21.5 Å². The Morgan fingerprint density at radius 3 is 0.819 bits per heavy atom. The number of hydrogen-bond acceptors (Lipinski definition) is 4. The SMILES string of the molecule is CC(C)(C)c1cccc(Oc2cc(Cl)cc(N(c3ccc(N(c4cc(Cl)cc(Oc5cccc(C(C)(C)C)c5)c4)c4cc(C(C)(C)C)cc(C(C)(C)C)c4)cc3)c3cc(C(C)(C)C)cc(C(C)(C)C)c3)c2)c1. The first-order chi connectivity index (χ1) is 33.2. The van der Waals surface area contributed by atoms with E-state index in [-0.39, 0.29) is 32.5 Å². The number of hydrogen-bond donors (Lipinski definition) is 0. The summed E-state index contributed by atoms with van der Waals surface area (Å²) in [4.78, 5) is 4.61. The van der Waals surface area contributed by atoms with Gasteiger partial charge in [0.1, 0.15) is 23.0 Å². The molecule has 378 valence electrons. The minimum atomic E-state index is -0.116. The monoisotopic (exact) mass is 1000 g/mol. The molecule has 0 saturated heterocycles. The van der Waals surface area contributed by atoms with E-state index in [9.17, 15) is 0 Å². The number of anilines is 6. The van der Waals surface area contributed by atoms with Gasteiger partial charge in [0, 0.05) is 44.9 Å². The zero-order valence-corrected chi connectivity index (χ0v) is 47.8. The summed E-state index contributed by atoms with van der Waals surface area (Å²) in [6, 6.07) is 51.5. The molecule has 0 radical (unpaired) electrons. The Balaban J connectivity index is 1.44. The smallest absolute Gasteiger partial charge is 0.131 e. The van der Waals surface area contributed by atoms with Gasteiger partial charge in [0.25, 0.3) is 0 Å². The van der Waals surface area contributed by atoms with Crippen LogP contribution < -0.4 is 19.3 Å². The average Bonchev–Trinajstić information content (AvgIpc) is 3.25. The molecule has 4 nitrogen and oxygen atoms in total. The van der Waals surface area contributed by atoms with Crippen LogP contribution in [0.3, 0.4) is 0 Å². The van der Waals surface area contributed by atoms with Crippen molar-refractivity contribution in [3.05, 3.63) is 189 Å². The molecule has 7 aromatic rings. The van der Waals surface area contributed by atoms with Gasteiger partial charge in [0.05, 0.1) is 11.4 Å². The zero-order valence-electron chi connectivity index (χ0n) is 46.3. The molecule has 0 fully saturated rings. The van der Waals surface area contributed by atoms with Crippen molar-refractivity contribution in [1.82, 2.24) is 0 Å². The normalized spacial score (nSPS) is 12.7. The first-order valence-corrected chi connectivity index (χ1v) is 26.2. The lowest BCUT2D eigenvalue weighted by Crippen LogP contribution is -2.19. The summed E-state index contributed by atoms with van der Waals surface area (Å²) >= 11 is 14.2. The number of nitrogens with zero attached hydrogens (tertiary/aromatic N) is 2. The summed E-state index contributed by atoms with van der Waals surface area (Å²) in [6.45, 7) is 40.6. The molecule has 0 aliphatic carbocycles. The van der Waals surface area contributed by atoms with Crippen LogP contribution in [0.4, 0.5) is 34.1 Å². The Bertz CT molecular complexity index is 2780. The molecule has 0 aliphatic rings. The van der Waals surface area contributed by atoms with E-state index in [0.717, 1.165) is 45.6 Å². The summed E-state index contributed by atoms with van der Waals surface area (Å²) in [5.41, 5.74) is 12.5. The van der Waals surface area contributed by atoms with Crippen molar-refractivity contribution in [2.24, 2.45) is 0 Å². The van der Waals surface area contributed by atoms with Gasteiger partial charge in [-0.2, -0.15) is 0 Å². The van der Waals surface area contributed by atoms with Gasteiger partial charge in [-0.05, 0) is 163 Å². The predicted octanol–water partition coefficient (Wildman–Crippen LogP) is 21.3. The number of rotatable bonds is 10. The lowest BCUT2D eigenvalue weighted by Gasteiger charge is -2.33. The van der Waals surface area contributed by atoms with E-state index in [4.69, 9.17) is 32.7 Å². The highest BCUT2D eigenvalue weighted by Crippen LogP contribution is 2.46. The van der Waals surface area contributed by atoms with E-state index >= 15 is 0 Å². The second-order valence-corrected chi connectivity index (χ2v) is 26.6. The maximum atomic E-state index is 7.11. The number of ether oxygens (including phenoxy) is 2. The molecule has 0 N–H and O–H groups in total. The van der Waals surface area contributed by atoms with Crippen molar-refractivity contribution in [2.75, 3.05) is 9.80 Å². The van der Waals surface area contributed by atoms with Crippen LogP contribution in [0.15, 0.2) is 146 Å². The third kappa shape index (κ3) is 13.1. The topological polar surface area (TPSA) is 24.9 Å². The second kappa shape index (κ2) is 20.0. The van der Waals surface area contributed by atoms with Gasteiger partial charge in [0.2, 0.25) is 0 Å². The zero-order chi connectivity index (χ0) is 52.9. The number of halogens is 2. The Labute approximate surface area is 443 Å². The summed E-state index contributed by atoms with van der Waals surface area (Å²) in [5.74, 6) is 2.82. The fraction of sp³-hybridized carbons (Fsp3) is 0.364. The lowest BCUT2D eigenvalue weighted by atomic mass is 9.80. The van der Waals surface area contributed by atoms with E-state index < -0.39 is 0 Å². The van der Waals surface area contributed by atoms with Crippen LogP contribution in [0.1, 0.15) is 158 Å². The van der Waals surface area contributed by atoms with Crippen LogP contribution in [-0.4, -0.2) is 0 Å². The van der Waals surface area contributed by atoms with Crippen LogP contribution in [0.2, 0.25) is 10.0 Å². The molecule has 0 atom stereocenters. The largest absolute Gasteiger partial charge is 0.457 e. The van der Waals surface area contributed by atoms with Gasteiger partial charge in [0.15, 0.2) is 0 Å². The van der Waals surface area contributed by atoms with E-state index in [1.54, 1.807) is 0 Å². The highest BCUT2D eigenvalue weighted by molar-refractivity contribution is 6.31. The van der Waals surface area contributed by atoms with Crippen LogP contribution in [0.25, 0.3) is 0 Å². The molecule has 0 amide bonds. The van der Waals surface area contributed by atoms with Gasteiger partial charge in [-0.15, -0.1) is 0 Å². The van der Waals surface area contributed by atoms with Gasteiger partial charge < -0.3 is 19.3 Å². The maximum Gasteiger partial charge on any atom is 0.131 e. The standard InChI is InChI=1S/C66H78Cl2N2O2/c1-61(2,3)43-21-19-23-57(35-43)71-59-39-49(67)37-55(41-59)69(53-31-45(63(7,8)9)29-46(32-53)64(10,11)12)51-25-27-52(28-26-51)70(54-33-47(65(13,14)15)30-48(34-54)66(16,17)18)56-38-50(68)40-60(42-56)72-58-24-20-22-44(36-58)62(4,5)6/h19-42H,1-18H3. The molecular weight excluding hydrogens is 924 g/mol. The molecular formula is C66H78Cl2N2O2. The van der Waals surface area contributed by atoms with Crippen LogP contribution in [-0.2, 0) is 32.5 Å². The van der Waals surface area contributed by atoms with Crippen molar-refractivity contribution < 1.29 is 9.47 Å². The van der Waals surface area contributed by atoms with Crippen LogP contribution in [0.5, 0.6) is 23.0 Å². The molecule has 7 aromatic carbocycles. The third-order valence-corrected chi connectivity index (χ3v) is 13.7. The molecule has 0 aromatic heterocycles. The van der Waals surface area contributed by atoms with E-state index in [1.165, 1.54) is 33.4 Å². The Morgan fingerprint density at radius 1 is 0.264 bits per heavy atom. The van der Waals surface area contributed by atoms with Gasteiger partial charge in [-0.1, -0.05) is 184 Å². The molecule has 0 unspecified atom stereocenters. The van der Waals surface area contributed by atoms with Gasteiger partial charge >= 0.3 is 0 Å². The van der Waals surface area contributed by atoms with Gasteiger partial charge in [-0.25, -0.2) is 0 Å². The van der Waals surface area contributed by atoms with Crippen molar-refractivity contribution >= 4 is 57.3 Å². The number of benzene rings is 7. The van der Waals surface area contributed by atoms with Gasteiger partial charge in [-0.3, -0.25) is 0 Å². The molecule has 6 heteroatoms. The summed E-state index contributed by atoms with van der Waals surface area (Å²) in [6.07, 6.45) is 0. The minimum absolute atomic E-state index is 0.0357. The fourth-order valence-electron chi connectivity index (χ4n) is 8.65. The Kier molecular flexibility index (Phi) is 15.0. The minimum Gasteiger partial charge on any atom is -0.457 e. The predicted molar refractivity (Wildman–Crippen MR) is 311 cm³/mol. The first kappa shape index (κ1) is 54.1. The molecule has 0 heterocycles. The lowest BCUT2D eigenvalue weighted by molar-refractivity contribution is 0.478. The van der Waals surface area contributed by atoms with Crippen molar-refractivity contribution in [3.8, 4) is 23.0 Å². The molecule has 0 aliphatic heterocycles. The first-order valence-electron chi connectivity index (χ1n) is 25.4. The Morgan fingerprint density at radius 2 is 0.542 bits per heavy atom. The average molecular weight is 1000 g/mol. The summed E-state index contributed by atoms with van der Waals surface area (Å²) < 4.78 is 13.3. The van der Waals surface area contributed by atoms with Crippen molar-refractivity contribution in [1.29, 1.82) is 0 Å². The Hall–Kier alpha value is -5.68. The van der Waals surface area contributed by atoms with E-state index in [2.05, 4.69) is 244 Å². The maximum absolute atomic E-state index is 7.11. The van der Waals surface area contributed by atoms with Crippen molar-refractivity contribution in [3.63, 3.8) is 0 Å². The second-order valence-electron chi connectivity index (χ2n) is 25.8. The van der Waals surface area contributed by atoms with Crippen LogP contribution in [0, 0.1) is 0 Å². The quantitative estimate of drug-likeness (QED) is 0.136. The van der Waals surface area contributed by atoms with Crippen LogP contribution >= 0.6 is 23.2 Å². The summed E-state index contributed by atoms with van der Waals surface area (Å²) in [7, 11) is 0. The van der Waals surface area contributed by atoms with Crippen molar-refractivity contribution in [2.45, 2.75) is 157 Å². The summed E-state index contributed by atoms with van der Waals surface area (Å²) in [5, 5.41) is 1.14. The molecule has 0 spiro atoms.